The fourth-order valence-corrected chi connectivity index (χ4v) is 1.05. The van der Waals surface area contributed by atoms with Gasteiger partial charge in [-0.25, -0.2) is 0 Å². The van der Waals surface area contributed by atoms with E-state index in [1.807, 2.05) is 0 Å². The van der Waals surface area contributed by atoms with Gasteiger partial charge in [-0.1, -0.05) is 0 Å². The lowest BCUT2D eigenvalue weighted by molar-refractivity contribution is -0.394. The Bertz CT molecular complexity index is 475. The van der Waals surface area contributed by atoms with E-state index >= 15 is 0 Å². The van der Waals surface area contributed by atoms with Crippen molar-refractivity contribution in [3.8, 4) is 5.75 Å². The lowest BCUT2D eigenvalue weighted by atomic mass is 10.2. The van der Waals surface area contributed by atoms with E-state index in [9.17, 15) is 20.2 Å². The second-order valence-corrected chi connectivity index (χ2v) is 2.99. The summed E-state index contributed by atoms with van der Waals surface area (Å²) in [5.74, 6) is -0.233. The molecule has 84 valence electrons. The minimum atomic E-state index is -0.819. The Balaban J connectivity index is 3.24. The highest BCUT2D eigenvalue weighted by molar-refractivity contribution is 7.80. The van der Waals surface area contributed by atoms with Gasteiger partial charge < -0.3 is 10.5 Å². The summed E-state index contributed by atoms with van der Waals surface area (Å²) in [5, 5.41) is 20.6. The maximum atomic E-state index is 10.6. The summed E-state index contributed by atoms with van der Waals surface area (Å²) in [6.07, 6.45) is 0. The van der Waals surface area contributed by atoms with Crippen molar-refractivity contribution in [1.29, 1.82) is 0 Å². The highest BCUT2D eigenvalue weighted by atomic mass is 32.1. The predicted octanol–water partition coefficient (Wildman–Crippen LogP) is 1.13. The molecule has 0 aliphatic heterocycles. The van der Waals surface area contributed by atoms with Crippen LogP contribution in [0, 0.1) is 20.2 Å². The highest BCUT2D eigenvalue weighted by Crippen LogP contribution is 2.30. The van der Waals surface area contributed by atoms with Gasteiger partial charge in [-0.3, -0.25) is 20.2 Å². The van der Waals surface area contributed by atoms with Crippen molar-refractivity contribution in [3.05, 3.63) is 38.4 Å². The van der Waals surface area contributed by atoms with E-state index in [0.717, 1.165) is 18.2 Å². The number of nitrogens with zero attached hydrogens (tertiary/aromatic N) is 2. The Morgan fingerprint density at radius 3 is 2.38 bits per heavy atom. The largest absolute Gasteiger partial charge is 0.425 e. The summed E-state index contributed by atoms with van der Waals surface area (Å²) in [7, 11) is 0. The molecule has 9 heteroatoms. The van der Waals surface area contributed by atoms with Gasteiger partial charge in [0.1, 0.15) is 0 Å². The van der Waals surface area contributed by atoms with Gasteiger partial charge in [-0.2, -0.15) is 0 Å². The van der Waals surface area contributed by atoms with Crippen LogP contribution in [0.3, 0.4) is 0 Å². The van der Waals surface area contributed by atoms with E-state index < -0.39 is 26.4 Å². The van der Waals surface area contributed by atoms with Gasteiger partial charge in [0.25, 0.3) is 10.9 Å². The van der Waals surface area contributed by atoms with Crippen LogP contribution in [0.2, 0.25) is 0 Å². The SMILES string of the molecule is NC(=S)Oc1ccc([N+](=O)[O-])cc1[N+](=O)[O-]. The predicted molar refractivity (Wildman–Crippen MR) is 57.2 cm³/mol. The quantitative estimate of drug-likeness (QED) is 0.479. The molecule has 0 amide bonds. The average Bonchev–Trinajstić information content (AvgIpc) is 2.16. The van der Waals surface area contributed by atoms with E-state index in [-0.39, 0.29) is 5.75 Å². The summed E-state index contributed by atoms with van der Waals surface area (Å²) >= 11 is 4.41. The first kappa shape index (κ1) is 11.8. The van der Waals surface area contributed by atoms with Crippen LogP contribution in [0.15, 0.2) is 18.2 Å². The van der Waals surface area contributed by atoms with E-state index in [2.05, 4.69) is 17.0 Å². The van der Waals surface area contributed by atoms with Crippen LogP contribution < -0.4 is 10.5 Å². The number of ether oxygens (including phenoxy) is 1. The zero-order valence-electron chi connectivity index (χ0n) is 7.65. The molecule has 0 spiro atoms. The van der Waals surface area contributed by atoms with E-state index in [4.69, 9.17) is 5.73 Å². The molecule has 0 saturated heterocycles. The van der Waals surface area contributed by atoms with Crippen molar-refractivity contribution in [2.24, 2.45) is 5.73 Å². The smallest absolute Gasteiger partial charge is 0.318 e. The summed E-state index contributed by atoms with van der Waals surface area (Å²) in [6.45, 7) is 0. The molecule has 0 atom stereocenters. The number of nitrogens with two attached hydrogens (primary N) is 1. The zero-order chi connectivity index (χ0) is 12.3. The van der Waals surface area contributed by atoms with Crippen LogP contribution >= 0.6 is 12.2 Å². The number of nitro benzene ring substituents is 2. The van der Waals surface area contributed by atoms with Crippen LogP contribution in [-0.2, 0) is 0 Å². The van der Waals surface area contributed by atoms with Crippen molar-refractivity contribution in [2.75, 3.05) is 0 Å². The summed E-state index contributed by atoms with van der Waals surface area (Å²) in [5.41, 5.74) is 4.06. The van der Waals surface area contributed by atoms with Crippen LogP contribution in [0.1, 0.15) is 0 Å². The Morgan fingerprint density at radius 1 is 1.31 bits per heavy atom. The Morgan fingerprint density at radius 2 is 1.94 bits per heavy atom. The molecule has 0 aliphatic carbocycles. The van der Waals surface area contributed by atoms with Gasteiger partial charge in [0.05, 0.1) is 15.9 Å². The zero-order valence-corrected chi connectivity index (χ0v) is 8.47. The number of benzene rings is 1. The molecule has 0 unspecified atom stereocenters. The standard InChI is InChI=1S/C7H5N3O5S/c8-7(16)15-6-2-1-4(9(11)12)3-5(6)10(13)14/h1-3H,(H2,8,16). The third kappa shape index (κ3) is 2.60. The third-order valence-corrected chi connectivity index (χ3v) is 1.64. The molecule has 16 heavy (non-hydrogen) atoms. The number of nitro groups is 2. The molecule has 1 aromatic rings. The minimum Gasteiger partial charge on any atom is -0.425 e. The van der Waals surface area contributed by atoms with Crippen LogP contribution in [0.25, 0.3) is 0 Å². The second kappa shape index (κ2) is 4.49. The molecular formula is C7H5N3O5S. The average molecular weight is 243 g/mol. The topological polar surface area (TPSA) is 122 Å². The maximum absolute atomic E-state index is 10.6. The van der Waals surface area contributed by atoms with Gasteiger partial charge in [0.2, 0.25) is 5.75 Å². The Labute approximate surface area is 93.9 Å². The Hall–Kier alpha value is -2.29. The molecule has 0 aliphatic rings. The number of thiocarbonyl (C=S) groups is 1. The summed E-state index contributed by atoms with van der Waals surface area (Å²) < 4.78 is 4.69. The molecule has 2 N–H and O–H groups in total. The fourth-order valence-electron chi connectivity index (χ4n) is 0.957. The van der Waals surface area contributed by atoms with E-state index in [0.29, 0.717) is 0 Å². The minimum absolute atomic E-state index is 0.233. The Kier molecular flexibility index (Phi) is 3.30. The van der Waals surface area contributed by atoms with Crippen LogP contribution in [-0.4, -0.2) is 15.0 Å². The molecule has 0 aromatic heterocycles. The van der Waals surface area contributed by atoms with Crippen LogP contribution in [0.4, 0.5) is 11.4 Å². The molecule has 8 nitrogen and oxygen atoms in total. The monoisotopic (exact) mass is 243 g/mol. The first-order chi connectivity index (χ1) is 7.41. The molecule has 1 rings (SSSR count). The van der Waals surface area contributed by atoms with Crippen molar-refractivity contribution in [1.82, 2.24) is 0 Å². The lowest BCUT2D eigenvalue weighted by Crippen LogP contribution is -2.16. The molecule has 0 fully saturated rings. The van der Waals surface area contributed by atoms with Gasteiger partial charge in [-0.05, 0) is 18.3 Å². The number of hydrogen-bond donors (Lipinski definition) is 1. The van der Waals surface area contributed by atoms with E-state index in [1.54, 1.807) is 0 Å². The lowest BCUT2D eigenvalue weighted by Gasteiger charge is -2.02. The van der Waals surface area contributed by atoms with Crippen molar-refractivity contribution in [3.63, 3.8) is 0 Å². The van der Waals surface area contributed by atoms with Gasteiger partial charge in [-0.15, -0.1) is 0 Å². The molecule has 0 heterocycles. The molecule has 0 bridgehead atoms. The van der Waals surface area contributed by atoms with Crippen molar-refractivity contribution < 1.29 is 14.6 Å². The normalized spacial score (nSPS) is 9.50. The summed E-state index contributed by atoms with van der Waals surface area (Å²) in [4.78, 5) is 19.4. The second-order valence-electron chi connectivity index (χ2n) is 2.59. The molecule has 1 aromatic carbocycles. The van der Waals surface area contributed by atoms with Crippen LogP contribution in [0.5, 0.6) is 5.75 Å². The highest BCUT2D eigenvalue weighted by Gasteiger charge is 2.21. The third-order valence-electron chi connectivity index (χ3n) is 1.56. The van der Waals surface area contributed by atoms with Gasteiger partial charge in [0, 0.05) is 6.07 Å². The maximum Gasteiger partial charge on any atom is 0.318 e. The van der Waals surface area contributed by atoms with Crippen molar-refractivity contribution in [2.45, 2.75) is 0 Å². The first-order valence-electron chi connectivity index (χ1n) is 3.82. The fraction of sp³-hybridized carbons (Fsp3) is 0. The number of hydrogen-bond acceptors (Lipinski definition) is 6. The number of rotatable bonds is 3. The first-order valence-corrected chi connectivity index (χ1v) is 4.22. The van der Waals surface area contributed by atoms with Gasteiger partial charge >= 0.3 is 5.69 Å². The van der Waals surface area contributed by atoms with E-state index in [1.165, 1.54) is 0 Å². The number of non-ortho nitro benzene ring substituents is 1. The van der Waals surface area contributed by atoms with Gasteiger partial charge in [0.15, 0.2) is 0 Å². The molecule has 0 saturated carbocycles. The summed E-state index contributed by atoms with van der Waals surface area (Å²) in [6, 6.07) is 2.89. The molecular weight excluding hydrogens is 238 g/mol. The van der Waals surface area contributed by atoms with Crippen molar-refractivity contribution >= 4 is 28.8 Å². The molecule has 0 radical (unpaired) electrons.